The van der Waals surface area contributed by atoms with Gasteiger partial charge in [0.2, 0.25) is 5.91 Å². The van der Waals surface area contributed by atoms with Crippen molar-refractivity contribution in [2.45, 2.75) is 57.3 Å². The topological polar surface area (TPSA) is 56.8 Å². The number of hydrogen-bond donors (Lipinski definition) is 2. The number of likely N-dealkylation sites (tertiary alicyclic amines) is 2. The minimum atomic E-state index is -0.542. The number of piperidine rings is 1. The van der Waals surface area contributed by atoms with Crippen LogP contribution in [0.2, 0.25) is 0 Å². The SMILES string of the molecule is CCCN1CCC(N2C[C@@H](NCc3c(F)cccc3F)C[C@H]2C(=O)NCCOC)CC1. The molecule has 6 nitrogen and oxygen atoms in total. The minimum absolute atomic E-state index is 0.00542. The van der Waals surface area contributed by atoms with E-state index < -0.39 is 11.6 Å². The van der Waals surface area contributed by atoms with Gasteiger partial charge in [-0.05, 0) is 57.5 Å². The number of nitrogens with zero attached hydrogens (tertiary/aromatic N) is 2. The van der Waals surface area contributed by atoms with E-state index in [9.17, 15) is 13.6 Å². The molecule has 2 atom stereocenters. The third kappa shape index (κ3) is 6.44. The van der Waals surface area contributed by atoms with Crippen molar-refractivity contribution in [1.29, 1.82) is 0 Å². The lowest BCUT2D eigenvalue weighted by Gasteiger charge is -2.39. The van der Waals surface area contributed by atoms with Gasteiger partial charge in [-0.3, -0.25) is 9.69 Å². The van der Waals surface area contributed by atoms with Crippen molar-refractivity contribution in [3.05, 3.63) is 35.4 Å². The quantitative estimate of drug-likeness (QED) is 0.548. The Kier molecular flexibility index (Phi) is 9.19. The fourth-order valence-corrected chi connectivity index (χ4v) is 4.80. The average Bonchev–Trinajstić information content (AvgIpc) is 3.19. The number of amides is 1. The van der Waals surface area contributed by atoms with Crippen LogP contribution in [0.5, 0.6) is 0 Å². The normalized spacial score (nSPS) is 23.4. The Labute approximate surface area is 184 Å². The van der Waals surface area contributed by atoms with Crippen molar-refractivity contribution in [1.82, 2.24) is 20.4 Å². The van der Waals surface area contributed by atoms with Crippen molar-refractivity contribution in [2.75, 3.05) is 46.4 Å². The highest BCUT2D eigenvalue weighted by atomic mass is 19.1. The molecule has 8 heteroatoms. The third-order valence-electron chi connectivity index (χ3n) is 6.44. The molecule has 0 aromatic heterocycles. The summed E-state index contributed by atoms with van der Waals surface area (Å²) >= 11 is 0. The second kappa shape index (κ2) is 11.9. The number of methoxy groups -OCH3 is 1. The molecule has 0 spiro atoms. The fourth-order valence-electron chi connectivity index (χ4n) is 4.80. The van der Waals surface area contributed by atoms with Gasteiger partial charge in [0, 0.05) is 44.4 Å². The van der Waals surface area contributed by atoms with Gasteiger partial charge in [0.1, 0.15) is 11.6 Å². The van der Waals surface area contributed by atoms with Crippen LogP contribution in [-0.2, 0) is 16.1 Å². The Hall–Kier alpha value is -1.61. The standard InChI is InChI=1S/C23H36F2N4O2/c1-3-10-28-11-7-18(8-12-28)29-16-17(14-22(29)23(30)26-9-13-31-2)27-15-19-20(24)5-4-6-21(19)25/h4-6,17-18,22,27H,3,7-16H2,1-2H3,(H,26,30)/t17-,22-/m0/s1. The van der Waals surface area contributed by atoms with E-state index in [1.807, 2.05) is 0 Å². The zero-order valence-corrected chi connectivity index (χ0v) is 18.7. The maximum Gasteiger partial charge on any atom is 0.237 e. The van der Waals surface area contributed by atoms with Gasteiger partial charge in [0.25, 0.3) is 0 Å². The Bertz CT molecular complexity index is 693. The first kappa shape index (κ1) is 24.0. The second-order valence-corrected chi connectivity index (χ2v) is 8.58. The summed E-state index contributed by atoms with van der Waals surface area (Å²) in [5.74, 6) is -1.08. The molecule has 174 valence electrons. The molecule has 1 aromatic rings. The summed E-state index contributed by atoms with van der Waals surface area (Å²) in [4.78, 5) is 17.7. The summed E-state index contributed by atoms with van der Waals surface area (Å²) in [7, 11) is 1.61. The molecule has 0 saturated carbocycles. The molecule has 2 aliphatic heterocycles. The lowest BCUT2D eigenvalue weighted by Crippen LogP contribution is -2.51. The zero-order valence-electron chi connectivity index (χ0n) is 18.7. The largest absolute Gasteiger partial charge is 0.383 e. The molecule has 1 amide bonds. The molecule has 31 heavy (non-hydrogen) atoms. The van der Waals surface area contributed by atoms with E-state index in [1.165, 1.54) is 18.2 Å². The van der Waals surface area contributed by atoms with Gasteiger partial charge in [-0.2, -0.15) is 0 Å². The fraction of sp³-hybridized carbons (Fsp3) is 0.696. The molecule has 0 radical (unpaired) electrons. The first-order valence-corrected chi connectivity index (χ1v) is 11.4. The number of nitrogens with one attached hydrogen (secondary N) is 2. The summed E-state index contributed by atoms with van der Waals surface area (Å²) < 4.78 is 33.0. The van der Waals surface area contributed by atoms with Crippen molar-refractivity contribution < 1.29 is 18.3 Å². The summed E-state index contributed by atoms with van der Waals surface area (Å²) in [6.07, 6.45) is 3.86. The maximum atomic E-state index is 14.0. The highest BCUT2D eigenvalue weighted by Gasteiger charge is 2.41. The average molecular weight is 439 g/mol. The van der Waals surface area contributed by atoms with Crippen LogP contribution >= 0.6 is 0 Å². The lowest BCUT2D eigenvalue weighted by atomic mass is 10.0. The zero-order chi connectivity index (χ0) is 22.2. The number of carbonyl (C=O) groups excluding carboxylic acids is 1. The van der Waals surface area contributed by atoms with E-state index in [0.717, 1.165) is 38.9 Å². The van der Waals surface area contributed by atoms with E-state index >= 15 is 0 Å². The molecule has 2 aliphatic rings. The summed E-state index contributed by atoms with van der Waals surface area (Å²) in [6, 6.07) is 4.04. The van der Waals surface area contributed by atoms with Crippen LogP contribution in [-0.4, -0.2) is 80.3 Å². The Balaban J connectivity index is 1.63. The molecule has 0 bridgehead atoms. The smallest absolute Gasteiger partial charge is 0.237 e. The molecule has 2 saturated heterocycles. The van der Waals surface area contributed by atoms with Crippen LogP contribution in [0.4, 0.5) is 8.78 Å². The molecule has 0 aliphatic carbocycles. The van der Waals surface area contributed by atoms with E-state index in [-0.39, 0.29) is 30.1 Å². The van der Waals surface area contributed by atoms with Crippen molar-refractivity contribution >= 4 is 5.91 Å². The summed E-state index contributed by atoms with van der Waals surface area (Å²) in [6.45, 7) is 7.18. The predicted octanol–water partition coefficient (Wildman–Crippen LogP) is 2.13. The minimum Gasteiger partial charge on any atom is -0.383 e. The van der Waals surface area contributed by atoms with Gasteiger partial charge in [-0.15, -0.1) is 0 Å². The van der Waals surface area contributed by atoms with E-state index in [1.54, 1.807) is 7.11 Å². The van der Waals surface area contributed by atoms with Gasteiger partial charge >= 0.3 is 0 Å². The highest BCUT2D eigenvalue weighted by molar-refractivity contribution is 5.82. The van der Waals surface area contributed by atoms with Crippen molar-refractivity contribution in [3.8, 4) is 0 Å². The third-order valence-corrected chi connectivity index (χ3v) is 6.44. The summed E-state index contributed by atoms with van der Waals surface area (Å²) in [5.41, 5.74) is 0.0509. The van der Waals surface area contributed by atoms with Crippen LogP contribution in [0.15, 0.2) is 18.2 Å². The van der Waals surface area contributed by atoms with Crippen LogP contribution in [0.1, 0.15) is 38.2 Å². The van der Waals surface area contributed by atoms with Crippen LogP contribution in [0.25, 0.3) is 0 Å². The summed E-state index contributed by atoms with van der Waals surface area (Å²) in [5, 5.41) is 6.27. The second-order valence-electron chi connectivity index (χ2n) is 8.58. The van der Waals surface area contributed by atoms with Crippen molar-refractivity contribution in [2.24, 2.45) is 0 Å². The van der Waals surface area contributed by atoms with E-state index in [2.05, 4.69) is 27.4 Å². The number of benzene rings is 1. The number of halogens is 2. The Morgan fingerprint density at radius 1 is 1.23 bits per heavy atom. The maximum absolute atomic E-state index is 14.0. The molecule has 2 N–H and O–H groups in total. The van der Waals surface area contributed by atoms with Gasteiger partial charge in [0.05, 0.1) is 12.6 Å². The van der Waals surface area contributed by atoms with Crippen LogP contribution in [0.3, 0.4) is 0 Å². The number of carbonyl (C=O) groups is 1. The molecule has 0 unspecified atom stereocenters. The van der Waals surface area contributed by atoms with Gasteiger partial charge in [-0.1, -0.05) is 13.0 Å². The lowest BCUT2D eigenvalue weighted by molar-refractivity contribution is -0.126. The molecular weight excluding hydrogens is 402 g/mol. The van der Waals surface area contributed by atoms with Gasteiger partial charge in [0.15, 0.2) is 0 Å². The van der Waals surface area contributed by atoms with Crippen LogP contribution < -0.4 is 10.6 Å². The van der Waals surface area contributed by atoms with Gasteiger partial charge < -0.3 is 20.3 Å². The monoisotopic (exact) mass is 438 g/mol. The first-order valence-electron chi connectivity index (χ1n) is 11.4. The molecule has 2 heterocycles. The molecule has 3 rings (SSSR count). The Morgan fingerprint density at radius 3 is 2.58 bits per heavy atom. The number of rotatable bonds is 10. The molecule has 2 fully saturated rings. The number of hydrogen-bond acceptors (Lipinski definition) is 5. The Morgan fingerprint density at radius 2 is 1.94 bits per heavy atom. The highest BCUT2D eigenvalue weighted by Crippen LogP contribution is 2.27. The first-order chi connectivity index (χ1) is 15.0. The number of ether oxygens (including phenoxy) is 1. The van der Waals surface area contributed by atoms with Crippen LogP contribution in [0, 0.1) is 11.6 Å². The van der Waals surface area contributed by atoms with E-state index in [0.29, 0.717) is 32.2 Å². The van der Waals surface area contributed by atoms with Crippen molar-refractivity contribution in [3.63, 3.8) is 0 Å². The molecule has 1 aromatic carbocycles. The van der Waals surface area contributed by atoms with E-state index in [4.69, 9.17) is 4.74 Å². The predicted molar refractivity (Wildman–Crippen MR) is 117 cm³/mol. The van der Waals surface area contributed by atoms with Gasteiger partial charge in [-0.25, -0.2) is 8.78 Å². The molecular formula is C23H36F2N4O2.